The molecule has 0 radical (unpaired) electrons. The standard InChI is InChI=1S/C10H22N2S/c1-9-7-12(5-6-13-9)8-10(2,3)11-4/h9,11H,5-8H2,1-4H3. The summed E-state index contributed by atoms with van der Waals surface area (Å²) in [6.45, 7) is 10.5. The molecule has 0 bridgehead atoms. The van der Waals surface area contributed by atoms with Gasteiger partial charge in [0.2, 0.25) is 0 Å². The molecule has 0 aromatic carbocycles. The molecule has 1 saturated heterocycles. The minimum Gasteiger partial charge on any atom is -0.314 e. The van der Waals surface area contributed by atoms with Crippen LogP contribution in [0.4, 0.5) is 0 Å². The van der Waals surface area contributed by atoms with E-state index in [1.165, 1.54) is 18.8 Å². The molecule has 1 N–H and O–H groups in total. The van der Waals surface area contributed by atoms with Gasteiger partial charge in [0.1, 0.15) is 0 Å². The molecule has 0 aromatic rings. The first kappa shape index (κ1) is 11.3. The Kier molecular flexibility index (Phi) is 4.07. The minimum absolute atomic E-state index is 0.252. The van der Waals surface area contributed by atoms with Crippen LogP contribution in [-0.2, 0) is 0 Å². The Morgan fingerprint density at radius 1 is 1.54 bits per heavy atom. The maximum atomic E-state index is 3.35. The molecule has 13 heavy (non-hydrogen) atoms. The van der Waals surface area contributed by atoms with Gasteiger partial charge in [-0.3, -0.25) is 4.90 Å². The molecular formula is C10H22N2S. The molecule has 1 rings (SSSR count). The van der Waals surface area contributed by atoms with Gasteiger partial charge in [-0.15, -0.1) is 0 Å². The molecule has 0 aromatic heterocycles. The van der Waals surface area contributed by atoms with Crippen molar-refractivity contribution in [1.29, 1.82) is 0 Å². The van der Waals surface area contributed by atoms with Crippen LogP contribution in [0.1, 0.15) is 20.8 Å². The average Bonchev–Trinajstić information content (AvgIpc) is 2.03. The maximum Gasteiger partial charge on any atom is 0.0249 e. The molecule has 1 aliphatic rings. The van der Waals surface area contributed by atoms with Crippen molar-refractivity contribution in [2.75, 3.05) is 32.4 Å². The molecule has 1 heterocycles. The fourth-order valence-electron chi connectivity index (χ4n) is 1.67. The van der Waals surface area contributed by atoms with Crippen molar-refractivity contribution in [3.8, 4) is 0 Å². The second kappa shape index (κ2) is 4.67. The molecule has 0 spiro atoms. The second-order valence-corrected chi connectivity index (χ2v) is 6.10. The van der Waals surface area contributed by atoms with Crippen LogP contribution in [0.5, 0.6) is 0 Å². The number of hydrogen-bond donors (Lipinski definition) is 1. The normalized spacial score (nSPS) is 26.3. The molecule has 0 amide bonds. The monoisotopic (exact) mass is 202 g/mol. The summed E-state index contributed by atoms with van der Waals surface area (Å²) in [4.78, 5) is 2.57. The van der Waals surface area contributed by atoms with Crippen LogP contribution in [0.3, 0.4) is 0 Å². The van der Waals surface area contributed by atoms with E-state index in [4.69, 9.17) is 0 Å². The quantitative estimate of drug-likeness (QED) is 0.745. The van der Waals surface area contributed by atoms with Gasteiger partial charge in [0.25, 0.3) is 0 Å². The van der Waals surface area contributed by atoms with Crippen molar-refractivity contribution in [1.82, 2.24) is 10.2 Å². The number of thioether (sulfide) groups is 1. The zero-order valence-corrected chi connectivity index (χ0v) is 10.1. The third kappa shape index (κ3) is 3.88. The van der Waals surface area contributed by atoms with Crippen LogP contribution in [0.2, 0.25) is 0 Å². The topological polar surface area (TPSA) is 15.3 Å². The second-order valence-electron chi connectivity index (χ2n) is 4.55. The highest BCUT2D eigenvalue weighted by Gasteiger charge is 2.23. The molecule has 2 nitrogen and oxygen atoms in total. The SMILES string of the molecule is CNC(C)(C)CN1CCSC(C)C1. The first-order valence-corrected chi connectivity index (χ1v) is 6.11. The predicted octanol–water partition coefficient (Wildman–Crippen LogP) is 1.42. The first-order valence-electron chi connectivity index (χ1n) is 5.06. The van der Waals surface area contributed by atoms with Gasteiger partial charge in [-0.05, 0) is 20.9 Å². The van der Waals surface area contributed by atoms with E-state index in [1.54, 1.807) is 0 Å². The predicted molar refractivity (Wildman–Crippen MR) is 61.5 cm³/mol. The lowest BCUT2D eigenvalue weighted by Gasteiger charge is -2.36. The van der Waals surface area contributed by atoms with E-state index in [2.05, 4.69) is 42.7 Å². The van der Waals surface area contributed by atoms with Gasteiger partial charge in [0.15, 0.2) is 0 Å². The van der Waals surface area contributed by atoms with E-state index in [9.17, 15) is 0 Å². The van der Waals surface area contributed by atoms with Crippen molar-refractivity contribution < 1.29 is 0 Å². The van der Waals surface area contributed by atoms with E-state index in [1.807, 2.05) is 7.05 Å². The summed E-state index contributed by atoms with van der Waals surface area (Å²) in [6.07, 6.45) is 0. The van der Waals surface area contributed by atoms with E-state index in [0.29, 0.717) is 0 Å². The summed E-state index contributed by atoms with van der Waals surface area (Å²) in [7, 11) is 2.04. The van der Waals surface area contributed by atoms with E-state index in [0.717, 1.165) is 11.8 Å². The largest absolute Gasteiger partial charge is 0.314 e. The van der Waals surface area contributed by atoms with Crippen LogP contribution in [-0.4, -0.2) is 48.1 Å². The molecule has 1 unspecified atom stereocenters. The van der Waals surface area contributed by atoms with Crippen molar-refractivity contribution in [2.24, 2.45) is 0 Å². The maximum absolute atomic E-state index is 3.35. The Bertz CT molecular complexity index is 159. The summed E-state index contributed by atoms with van der Waals surface area (Å²) in [6, 6.07) is 0. The lowest BCUT2D eigenvalue weighted by atomic mass is 10.1. The molecule has 0 saturated carbocycles. The Balaban J connectivity index is 2.35. The van der Waals surface area contributed by atoms with E-state index in [-0.39, 0.29) is 5.54 Å². The Morgan fingerprint density at radius 2 is 2.23 bits per heavy atom. The molecule has 1 fully saturated rings. The van der Waals surface area contributed by atoms with Crippen LogP contribution in [0.15, 0.2) is 0 Å². The van der Waals surface area contributed by atoms with Gasteiger partial charge < -0.3 is 5.32 Å². The zero-order valence-electron chi connectivity index (χ0n) is 9.26. The van der Waals surface area contributed by atoms with Gasteiger partial charge in [0.05, 0.1) is 0 Å². The number of nitrogens with one attached hydrogen (secondary N) is 1. The van der Waals surface area contributed by atoms with Gasteiger partial charge >= 0.3 is 0 Å². The molecule has 78 valence electrons. The summed E-state index contributed by atoms with van der Waals surface area (Å²) < 4.78 is 0. The smallest absolute Gasteiger partial charge is 0.0249 e. The molecule has 0 aliphatic carbocycles. The molecular weight excluding hydrogens is 180 g/mol. The lowest BCUT2D eigenvalue weighted by molar-refractivity contribution is 0.214. The van der Waals surface area contributed by atoms with Crippen LogP contribution in [0, 0.1) is 0 Å². The molecule has 1 atom stereocenters. The van der Waals surface area contributed by atoms with Crippen molar-refractivity contribution in [2.45, 2.75) is 31.6 Å². The van der Waals surface area contributed by atoms with Crippen LogP contribution < -0.4 is 5.32 Å². The third-order valence-corrected chi connectivity index (χ3v) is 3.76. The number of rotatable bonds is 3. The van der Waals surface area contributed by atoms with Crippen molar-refractivity contribution >= 4 is 11.8 Å². The minimum atomic E-state index is 0.252. The summed E-state index contributed by atoms with van der Waals surface area (Å²) >= 11 is 2.09. The van der Waals surface area contributed by atoms with Crippen LogP contribution in [0.25, 0.3) is 0 Å². The third-order valence-electron chi connectivity index (χ3n) is 2.62. The van der Waals surface area contributed by atoms with Gasteiger partial charge in [0, 0.05) is 36.2 Å². The Hall–Kier alpha value is 0.270. The lowest BCUT2D eigenvalue weighted by Crippen LogP contribution is -2.50. The van der Waals surface area contributed by atoms with Crippen molar-refractivity contribution in [3.63, 3.8) is 0 Å². The van der Waals surface area contributed by atoms with Gasteiger partial charge in [-0.2, -0.15) is 11.8 Å². The fraction of sp³-hybridized carbons (Fsp3) is 1.00. The average molecular weight is 202 g/mol. The summed E-state index contributed by atoms with van der Waals surface area (Å²) in [5, 5.41) is 4.16. The molecule has 3 heteroatoms. The van der Waals surface area contributed by atoms with Gasteiger partial charge in [-0.25, -0.2) is 0 Å². The van der Waals surface area contributed by atoms with Crippen LogP contribution >= 0.6 is 11.8 Å². The molecule has 1 aliphatic heterocycles. The van der Waals surface area contributed by atoms with Gasteiger partial charge in [-0.1, -0.05) is 6.92 Å². The first-order chi connectivity index (χ1) is 6.03. The number of nitrogens with zero attached hydrogens (tertiary/aromatic N) is 1. The Labute approximate surface area is 86.5 Å². The highest BCUT2D eigenvalue weighted by atomic mass is 32.2. The van der Waals surface area contributed by atoms with Crippen molar-refractivity contribution in [3.05, 3.63) is 0 Å². The number of hydrogen-bond acceptors (Lipinski definition) is 3. The highest BCUT2D eigenvalue weighted by molar-refractivity contribution is 7.99. The summed E-state index contributed by atoms with van der Waals surface area (Å²) in [5.74, 6) is 1.29. The highest BCUT2D eigenvalue weighted by Crippen LogP contribution is 2.19. The Morgan fingerprint density at radius 3 is 2.77 bits per heavy atom. The summed E-state index contributed by atoms with van der Waals surface area (Å²) in [5.41, 5.74) is 0.252. The van der Waals surface area contributed by atoms with E-state index >= 15 is 0 Å². The number of likely N-dealkylation sites (N-methyl/N-ethyl adjacent to an activating group) is 1. The zero-order chi connectivity index (χ0) is 9.90. The van der Waals surface area contributed by atoms with E-state index < -0.39 is 0 Å². The fourth-order valence-corrected chi connectivity index (χ4v) is 2.75.